The van der Waals surface area contributed by atoms with E-state index in [1.807, 2.05) is 40.9 Å². The molecule has 0 aliphatic heterocycles. The highest BCUT2D eigenvalue weighted by atomic mass is 16.1. The first-order valence-corrected chi connectivity index (χ1v) is 7.04. The standard InChI is InChI=1S/C18H18N2O/c1-18(2,3)14-9-7-13(8-10-14)17-15(12-21)20-11-5-4-6-16(20)19-17/h4-12H,1-3H3. The molecule has 0 aliphatic carbocycles. The SMILES string of the molecule is CC(C)(C)c1ccc(-c2nc3ccccn3c2C=O)cc1. The fraction of sp³-hybridized carbons (Fsp3) is 0.222. The minimum Gasteiger partial charge on any atom is -0.297 e. The van der Waals surface area contributed by atoms with Crippen molar-refractivity contribution < 1.29 is 4.79 Å². The number of rotatable bonds is 2. The number of carbonyl (C=O) groups excluding carboxylic acids is 1. The van der Waals surface area contributed by atoms with Gasteiger partial charge in [0.2, 0.25) is 0 Å². The molecule has 3 nitrogen and oxygen atoms in total. The highest BCUT2D eigenvalue weighted by Crippen LogP contribution is 2.27. The zero-order chi connectivity index (χ0) is 15.0. The Balaban J connectivity index is 2.14. The van der Waals surface area contributed by atoms with E-state index in [0.717, 1.165) is 23.2 Å². The summed E-state index contributed by atoms with van der Waals surface area (Å²) < 4.78 is 1.82. The van der Waals surface area contributed by atoms with Crippen LogP contribution in [0, 0.1) is 0 Å². The van der Waals surface area contributed by atoms with Gasteiger partial charge in [0.25, 0.3) is 0 Å². The molecule has 0 spiro atoms. The van der Waals surface area contributed by atoms with Crippen molar-refractivity contribution in [1.29, 1.82) is 0 Å². The molecule has 0 aliphatic rings. The van der Waals surface area contributed by atoms with E-state index in [1.54, 1.807) is 0 Å². The minimum absolute atomic E-state index is 0.116. The largest absolute Gasteiger partial charge is 0.297 e. The maximum absolute atomic E-state index is 11.4. The van der Waals surface area contributed by atoms with Crippen LogP contribution in [-0.4, -0.2) is 15.7 Å². The Morgan fingerprint density at radius 3 is 2.38 bits per heavy atom. The van der Waals surface area contributed by atoms with Crippen molar-refractivity contribution in [1.82, 2.24) is 9.38 Å². The first-order chi connectivity index (χ1) is 10.0. The Morgan fingerprint density at radius 1 is 1.05 bits per heavy atom. The number of aromatic nitrogens is 2. The molecule has 2 aromatic heterocycles. The topological polar surface area (TPSA) is 34.4 Å². The fourth-order valence-electron chi connectivity index (χ4n) is 2.47. The van der Waals surface area contributed by atoms with Crippen LogP contribution in [0.2, 0.25) is 0 Å². The third kappa shape index (κ3) is 2.35. The molecule has 0 atom stereocenters. The van der Waals surface area contributed by atoms with Crippen molar-refractivity contribution in [2.45, 2.75) is 26.2 Å². The molecule has 2 heterocycles. The van der Waals surface area contributed by atoms with Gasteiger partial charge in [0.15, 0.2) is 6.29 Å². The maximum Gasteiger partial charge on any atom is 0.169 e. The second-order valence-corrected chi connectivity index (χ2v) is 6.22. The van der Waals surface area contributed by atoms with E-state index in [2.05, 4.69) is 37.9 Å². The molecule has 0 radical (unpaired) electrons. The van der Waals surface area contributed by atoms with Gasteiger partial charge in [-0.1, -0.05) is 51.1 Å². The summed E-state index contributed by atoms with van der Waals surface area (Å²) in [7, 11) is 0. The Kier molecular flexibility index (Phi) is 3.13. The lowest BCUT2D eigenvalue weighted by molar-refractivity contribution is 0.111. The Labute approximate surface area is 124 Å². The summed E-state index contributed by atoms with van der Waals surface area (Å²) in [6, 6.07) is 14.0. The van der Waals surface area contributed by atoms with Crippen molar-refractivity contribution >= 4 is 11.9 Å². The normalized spacial score (nSPS) is 11.8. The highest BCUT2D eigenvalue weighted by molar-refractivity contribution is 5.86. The average Bonchev–Trinajstić information content (AvgIpc) is 2.85. The van der Waals surface area contributed by atoms with E-state index in [1.165, 1.54) is 5.56 Å². The minimum atomic E-state index is 0.116. The summed E-state index contributed by atoms with van der Waals surface area (Å²) in [5.41, 5.74) is 4.46. The summed E-state index contributed by atoms with van der Waals surface area (Å²) in [4.78, 5) is 16.0. The van der Waals surface area contributed by atoms with Gasteiger partial charge in [-0.05, 0) is 23.1 Å². The number of pyridine rings is 1. The van der Waals surface area contributed by atoms with E-state index in [0.29, 0.717) is 5.69 Å². The first kappa shape index (κ1) is 13.6. The van der Waals surface area contributed by atoms with Crippen LogP contribution >= 0.6 is 0 Å². The molecule has 3 rings (SSSR count). The molecule has 0 saturated carbocycles. The number of aldehydes is 1. The molecule has 21 heavy (non-hydrogen) atoms. The lowest BCUT2D eigenvalue weighted by Crippen LogP contribution is -2.10. The number of nitrogens with zero attached hydrogens (tertiary/aromatic N) is 2. The van der Waals surface area contributed by atoms with E-state index < -0.39 is 0 Å². The predicted octanol–water partition coefficient (Wildman–Crippen LogP) is 4.11. The lowest BCUT2D eigenvalue weighted by Gasteiger charge is -2.18. The van der Waals surface area contributed by atoms with Gasteiger partial charge in [0.1, 0.15) is 17.0 Å². The van der Waals surface area contributed by atoms with Gasteiger partial charge >= 0.3 is 0 Å². The number of hydrogen-bond donors (Lipinski definition) is 0. The second-order valence-electron chi connectivity index (χ2n) is 6.22. The molecule has 0 N–H and O–H groups in total. The molecule has 0 bridgehead atoms. The van der Waals surface area contributed by atoms with E-state index in [9.17, 15) is 4.79 Å². The quantitative estimate of drug-likeness (QED) is 0.661. The van der Waals surface area contributed by atoms with Crippen LogP contribution in [0.25, 0.3) is 16.9 Å². The molecule has 3 heteroatoms. The van der Waals surface area contributed by atoms with Gasteiger partial charge in [-0.25, -0.2) is 4.98 Å². The summed E-state index contributed by atoms with van der Waals surface area (Å²) >= 11 is 0. The van der Waals surface area contributed by atoms with Crippen molar-refractivity contribution in [2.75, 3.05) is 0 Å². The van der Waals surface area contributed by atoms with E-state index in [-0.39, 0.29) is 5.41 Å². The van der Waals surface area contributed by atoms with Crippen LogP contribution in [0.3, 0.4) is 0 Å². The Morgan fingerprint density at radius 2 is 1.76 bits per heavy atom. The van der Waals surface area contributed by atoms with E-state index >= 15 is 0 Å². The predicted molar refractivity (Wildman–Crippen MR) is 84.7 cm³/mol. The molecule has 1 aromatic carbocycles. The molecule has 3 aromatic rings. The molecule has 0 unspecified atom stereocenters. The van der Waals surface area contributed by atoms with Gasteiger partial charge in [0, 0.05) is 11.8 Å². The van der Waals surface area contributed by atoms with Crippen LogP contribution in [0.5, 0.6) is 0 Å². The number of hydrogen-bond acceptors (Lipinski definition) is 2. The van der Waals surface area contributed by atoms with E-state index in [4.69, 9.17) is 0 Å². The molecule has 106 valence electrons. The summed E-state index contributed by atoms with van der Waals surface area (Å²) in [6.07, 6.45) is 2.73. The molecule has 0 fully saturated rings. The van der Waals surface area contributed by atoms with Crippen molar-refractivity contribution in [2.24, 2.45) is 0 Å². The molecular weight excluding hydrogens is 260 g/mol. The third-order valence-corrected chi connectivity index (χ3v) is 3.70. The van der Waals surface area contributed by atoms with Gasteiger partial charge < -0.3 is 0 Å². The van der Waals surface area contributed by atoms with Gasteiger partial charge in [-0.3, -0.25) is 9.20 Å². The van der Waals surface area contributed by atoms with Crippen LogP contribution < -0.4 is 0 Å². The first-order valence-electron chi connectivity index (χ1n) is 7.04. The summed E-state index contributed by atoms with van der Waals surface area (Å²) in [5, 5.41) is 0. The van der Waals surface area contributed by atoms with Gasteiger partial charge in [-0.15, -0.1) is 0 Å². The number of imidazole rings is 1. The lowest BCUT2D eigenvalue weighted by atomic mass is 9.86. The number of benzene rings is 1. The van der Waals surface area contributed by atoms with Crippen LogP contribution in [0.1, 0.15) is 36.8 Å². The second kappa shape index (κ2) is 4.85. The van der Waals surface area contributed by atoms with Crippen molar-refractivity contribution in [3.8, 4) is 11.3 Å². The molecule has 0 amide bonds. The molecule has 0 saturated heterocycles. The van der Waals surface area contributed by atoms with Gasteiger partial charge in [-0.2, -0.15) is 0 Å². The zero-order valence-electron chi connectivity index (χ0n) is 12.5. The fourth-order valence-corrected chi connectivity index (χ4v) is 2.47. The number of carbonyl (C=O) groups is 1. The third-order valence-electron chi connectivity index (χ3n) is 3.70. The monoisotopic (exact) mass is 278 g/mol. The van der Waals surface area contributed by atoms with Crippen molar-refractivity contribution in [3.05, 3.63) is 59.9 Å². The molecular formula is C18H18N2O. The average molecular weight is 278 g/mol. The maximum atomic E-state index is 11.4. The van der Waals surface area contributed by atoms with Crippen molar-refractivity contribution in [3.63, 3.8) is 0 Å². The van der Waals surface area contributed by atoms with Gasteiger partial charge in [0.05, 0.1) is 0 Å². The summed E-state index contributed by atoms with van der Waals surface area (Å²) in [5.74, 6) is 0. The Hall–Kier alpha value is -2.42. The van der Waals surface area contributed by atoms with Crippen LogP contribution in [0.4, 0.5) is 0 Å². The van der Waals surface area contributed by atoms with Crippen LogP contribution in [-0.2, 0) is 5.41 Å². The highest BCUT2D eigenvalue weighted by Gasteiger charge is 2.16. The van der Waals surface area contributed by atoms with Crippen LogP contribution in [0.15, 0.2) is 48.7 Å². The zero-order valence-corrected chi connectivity index (χ0v) is 12.5. The summed E-state index contributed by atoms with van der Waals surface area (Å²) in [6.45, 7) is 6.55. The Bertz CT molecular complexity index is 792. The smallest absolute Gasteiger partial charge is 0.169 e. The number of fused-ring (bicyclic) bond motifs is 1.